The van der Waals surface area contributed by atoms with Crippen molar-refractivity contribution in [1.29, 1.82) is 5.26 Å². The number of rotatable bonds is 3. The molecule has 1 amide bonds. The highest BCUT2D eigenvalue weighted by Crippen LogP contribution is 2.32. The zero-order valence-electron chi connectivity index (χ0n) is 9.24. The molecule has 4 nitrogen and oxygen atoms in total. The SMILES string of the molecule is N#CCCCN1C(=O)C(=O)c2c(F)cc(F)cc21. The van der Waals surface area contributed by atoms with Crippen LogP contribution >= 0.6 is 0 Å². The van der Waals surface area contributed by atoms with Gasteiger partial charge in [-0.1, -0.05) is 0 Å². The van der Waals surface area contributed by atoms with Gasteiger partial charge in [0.25, 0.3) is 11.7 Å². The summed E-state index contributed by atoms with van der Waals surface area (Å²) >= 11 is 0. The van der Waals surface area contributed by atoms with E-state index in [-0.39, 0.29) is 18.7 Å². The van der Waals surface area contributed by atoms with Crippen molar-refractivity contribution in [3.05, 3.63) is 29.3 Å². The molecule has 0 atom stereocenters. The van der Waals surface area contributed by atoms with Gasteiger partial charge in [-0.25, -0.2) is 8.78 Å². The molecule has 0 unspecified atom stereocenters. The number of carbonyl (C=O) groups excluding carboxylic acids is 2. The normalized spacial score (nSPS) is 13.7. The van der Waals surface area contributed by atoms with Crippen molar-refractivity contribution in [3.8, 4) is 6.07 Å². The van der Waals surface area contributed by atoms with Gasteiger partial charge in [-0.15, -0.1) is 0 Å². The van der Waals surface area contributed by atoms with E-state index in [1.54, 1.807) is 0 Å². The van der Waals surface area contributed by atoms with E-state index in [2.05, 4.69) is 0 Å². The van der Waals surface area contributed by atoms with Crippen LogP contribution in [0.15, 0.2) is 12.1 Å². The van der Waals surface area contributed by atoms with E-state index in [4.69, 9.17) is 5.26 Å². The number of nitrogens with zero attached hydrogens (tertiary/aromatic N) is 2. The van der Waals surface area contributed by atoms with Crippen molar-refractivity contribution in [3.63, 3.8) is 0 Å². The summed E-state index contributed by atoms with van der Waals surface area (Å²) in [7, 11) is 0. The van der Waals surface area contributed by atoms with Crippen molar-refractivity contribution >= 4 is 17.4 Å². The lowest BCUT2D eigenvalue weighted by molar-refractivity contribution is -0.114. The van der Waals surface area contributed by atoms with Gasteiger partial charge < -0.3 is 4.90 Å². The quantitative estimate of drug-likeness (QED) is 0.607. The molecule has 0 spiro atoms. The topological polar surface area (TPSA) is 61.2 Å². The maximum atomic E-state index is 13.4. The third kappa shape index (κ3) is 1.84. The smallest absolute Gasteiger partial charge is 0.299 e. The highest BCUT2D eigenvalue weighted by Gasteiger charge is 2.38. The highest BCUT2D eigenvalue weighted by molar-refractivity contribution is 6.52. The fourth-order valence-corrected chi connectivity index (χ4v) is 1.87. The van der Waals surface area contributed by atoms with Gasteiger partial charge >= 0.3 is 0 Å². The summed E-state index contributed by atoms with van der Waals surface area (Å²) in [5.41, 5.74) is -0.446. The third-order valence-corrected chi connectivity index (χ3v) is 2.66. The Morgan fingerprint density at radius 1 is 1.28 bits per heavy atom. The maximum absolute atomic E-state index is 13.4. The minimum atomic E-state index is -1.04. The first-order chi connectivity index (χ1) is 8.56. The Hall–Kier alpha value is -2.29. The number of carbonyl (C=O) groups is 2. The Morgan fingerprint density at radius 2 is 2.00 bits per heavy atom. The molecule has 1 aliphatic rings. The molecular weight excluding hydrogens is 242 g/mol. The zero-order chi connectivity index (χ0) is 13.3. The minimum Gasteiger partial charge on any atom is -0.305 e. The molecule has 2 rings (SSSR count). The van der Waals surface area contributed by atoms with Crippen LogP contribution < -0.4 is 4.90 Å². The van der Waals surface area contributed by atoms with Gasteiger partial charge in [0.15, 0.2) is 0 Å². The molecule has 18 heavy (non-hydrogen) atoms. The summed E-state index contributed by atoms with van der Waals surface area (Å²) < 4.78 is 26.5. The molecule has 1 aliphatic heterocycles. The molecule has 1 aromatic rings. The summed E-state index contributed by atoms with van der Waals surface area (Å²) in [6.45, 7) is 0.0913. The second-order valence-corrected chi connectivity index (χ2v) is 3.83. The van der Waals surface area contributed by atoms with Crippen LogP contribution in [0.2, 0.25) is 0 Å². The number of hydrogen-bond acceptors (Lipinski definition) is 3. The number of nitriles is 1. The summed E-state index contributed by atoms with van der Waals surface area (Å²) in [5.74, 6) is -3.74. The van der Waals surface area contributed by atoms with Gasteiger partial charge in [-0.2, -0.15) is 5.26 Å². The van der Waals surface area contributed by atoms with Crippen LogP contribution in [0, 0.1) is 23.0 Å². The summed E-state index contributed by atoms with van der Waals surface area (Å²) in [4.78, 5) is 24.2. The van der Waals surface area contributed by atoms with Gasteiger partial charge in [0.1, 0.15) is 11.6 Å². The lowest BCUT2D eigenvalue weighted by Crippen LogP contribution is -2.30. The van der Waals surface area contributed by atoms with E-state index in [9.17, 15) is 18.4 Å². The molecule has 0 saturated carbocycles. The van der Waals surface area contributed by atoms with E-state index >= 15 is 0 Å². The molecule has 6 heteroatoms. The second-order valence-electron chi connectivity index (χ2n) is 3.83. The first kappa shape index (κ1) is 12.2. The van der Waals surface area contributed by atoms with Gasteiger partial charge in [0.2, 0.25) is 0 Å². The van der Waals surface area contributed by atoms with Crippen LogP contribution in [0.4, 0.5) is 14.5 Å². The number of halogens is 2. The lowest BCUT2D eigenvalue weighted by Gasteiger charge is -2.15. The van der Waals surface area contributed by atoms with Gasteiger partial charge in [0.05, 0.1) is 17.3 Å². The fourth-order valence-electron chi connectivity index (χ4n) is 1.87. The van der Waals surface area contributed by atoms with Crippen molar-refractivity contribution in [1.82, 2.24) is 0 Å². The predicted molar refractivity (Wildman–Crippen MR) is 57.9 cm³/mol. The van der Waals surface area contributed by atoms with Crippen molar-refractivity contribution in [2.45, 2.75) is 12.8 Å². The van der Waals surface area contributed by atoms with E-state index in [0.717, 1.165) is 11.0 Å². The average Bonchev–Trinajstić information content (AvgIpc) is 2.54. The van der Waals surface area contributed by atoms with Gasteiger partial charge in [-0.05, 0) is 12.5 Å². The van der Waals surface area contributed by atoms with Crippen LogP contribution in [0.3, 0.4) is 0 Å². The Kier molecular flexibility index (Phi) is 3.06. The molecule has 0 fully saturated rings. The molecule has 0 radical (unpaired) electrons. The lowest BCUT2D eigenvalue weighted by atomic mass is 10.1. The summed E-state index contributed by atoms with van der Waals surface area (Å²) in [5, 5.41) is 8.40. The number of Topliss-reactive ketones (excluding diaryl/α,β-unsaturated/α-hetero) is 1. The number of hydrogen-bond donors (Lipinski definition) is 0. The van der Waals surface area contributed by atoms with Crippen LogP contribution in [0.25, 0.3) is 0 Å². The van der Waals surface area contributed by atoms with Gasteiger partial charge in [-0.3, -0.25) is 9.59 Å². The molecule has 0 aliphatic carbocycles. The molecule has 0 N–H and O–H groups in total. The Morgan fingerprint density at radius 3 is 2.67 bits per heavy atom. The molecule has 0 bridgehead atoms. The fraction of sp³-hybridized carbons (Fsp3) is 0.250. The van der Waals surface area contributed by atoms with Crippen LogP contribution in [0.5, 0.6) is 0 Å². The molecular formula is C12H8F2N2O2. The zero-order valence-corrected chi connectivity index (χ0v) is 9.24. The van der Waals surface area contributed by atoms with Gasteiger partial charge in [0, 0.05) is 19.0 Å². The van der Waals surface area contributed by atoms with E-state index in [1.807, 2.05) is 6.07 Å². The standard InChI is InChI=1S/C12H8F2N2O2/c13-7-5-8(14)10-9(6-7)16(4-2-1-3-15)12(18)11(10)17/h5-6H,1-2,4H2. The second kappa shape index (κ2) is 4.53. The van der Waals surface area contributed by atoms with Crippen molar-refractivity contribution in [2.75, 3.05) is 11.4 Å². The maximum Gasteiger partial charge on any atom is 0.299 e. The number of anilines is 1. The average molecular weight is 250 g/mol. The number of benzene rings is 1. The van der Waals surface area contributed by atoms with Crippen molar-refractivity contribution < 1.29 is 18.4 Å². The minimum absolute atomic E-state index is 0.0551. The Bertz CT molecular complexity index is 578. The molecule has 1 aromatic carbocycles. The Balaban J connectivity index is 2.39. The summed E-state index contributed by atoms with van der Waals surface area (Å²) in [6, 6.07) is 3.42. The van der Waals surface area contributed by atoms with Crippen LogP contribution in [0.1, 0.15) is 23.2 Å². The van der Waals surface area contributed by atoms with E-state index in [0.29, 0.717) is 12.5 Å². The first-order valence-electron chi connectivity index (χ1n) is 5.28. The monoisotopic (exact) mass is 250 g/mol. The van der Waals surface area contributed by atoms with E-state index < -0.39 is 28.9 Å². The predicted octanol–water partition coefficient (Wildman–Crippen LogP) is 1.80. The summed E-state index contributed by atoms with van der Waals surface area (Å²) in [6.07, 6.45) is 0.540. The van der Waals surface area contributed by atoms with Crippen LogP contribution in [-0.2, 0) is 4.79 Å². The molecule has 0 saturated heterocycles. The van der Waals surface area contributed by atoms with Crippen molar-refractivity contribution in [2.24, 2.45) is 0 Å². The molecule has 1 heterocycles. The Labute approximate surface area is 101 Å². The van der Waals surface area contributed by atoms with E-state index in [1.165, 1.54) is 0 Å². The number of fused-ring (bicyclic) bond motifs is 1. The largest absolute Gasteiger partial charge is 0.305 e. The molecule has 92 valence electrons. The molecule has 0 aromatic heterocycles. The van der Waals surface area contributed by atoms with Crippen LogP contribution in [-0.4, -0.2) is 18.2 Å². The number of amides is 1. The highest BCUT2D eigenvalue weighted by atomic mass is 19.1. The first-order valence-corrected chi connectivity index (χ1v) is 5.28. The third-order valence-electron chi connectivity index (χ3n) is 2.66. The number of unbranched alkanes of at least 4 members (excludes halogenated alkanes) is 1. The number of ketones is 1.